The number of rotatable bonds is 2. The van der Waals surface area contributed by atoms with Crippen LogP contribution < -0.4 is 5.73 Å². The lowest BCUT2D eigenvalue weighted by Crippen LogP contribution is -2.43. The van der Waals surface area contributed by atoms with Crippen molar-refractivity contribution in [3.8, 4) is 0 Å². The molecule has 5 rings (SSSR count). The van der Waals surface area contributed by atoms with Gasteiger partial charge in [-0.05, 0) is 67.3 Å². The number of nitrogen functional groups attached to an aromatic ring is 1. The van der Waals surface area contributed by atoms with Crippen molar-refractivity contribution in [2.45, 2.75) is 38.0 Å². The van der Waals surface area contributed by atoms with Crippen LogP contribution in [-0.4, -0.2) is 16.1 Å². The average molecular weight is 260 g/mol. The van der Waals surface area contributed by atoms with E-state index in [1.54, 1.807) is 0 Å². The molecule has 0 spiro atoms. The zero-order valence-corrected chi connectivity index (χ0v) is 10.9. The topological polar surface area (TPSA) is 79.1 Å². The minimum absolute atomic E-state index is 0.170. The van der Waals surface area contributed by atoms with Crippen molar-refractivity contribution in [1.29, 1.82) is 0 Å². The fourth-order valence-corrected chi connectivity index (χ4v) is 5.34. The minimum atomic E-state index is -0.951. The summed E-state index contributed by atoms with van der Waals surface area (Å²) < 4.78 is 0. The van der Waals surface area contributed by atoms with Gasteiger partial charge in [-0.1, -0.05) is 0 Å². The van der Waals surface area contributed by atoms with E-state index in [1.807, 2.05) is 6.20 Å². The van der Waals surface area contributed by atoms with Crippen LogP contribution in [0.25, 0.3) is 0 Å². The molecule has 4 bridgehead atoms. The van der Waals surface area contributed by atoms with Crippen LogP contribution in [0.1, 0.15) is 54.1 Å². The van der Waals surface area contributed by atoms with E-state index in [2.05, 4.69) is 4.98 Å². The van der Waals surface area contributed by atoms with Crippen molar-refractivity contribution in [3.63, 3.8) is 0 Å². The van der Waals surface area contributed by atoms with Crippen LogP contribution in [0, 0.1) is 23.7 Å². The maximum atomic E-state index is 11.1. The second-order valence-corrected chi connectivity index (χ2v) is 6.79. The number of aromatic nitrogens is 1. The lowest BCUT2D eigenvalue weighted by atomic mass is 9.51. The zero-order chi connectivity index (χ0) is 13.1. The van der Waals surface area contributed by atoms with Crippen molar-refractivity contribution in [2.75, 3.05) is 5.73 Å². The fraction of sp³-hybridized carbons (Fsp3) is 0.667. The number of carboxylic acids is 1. The summed E-state index contributed by atoms with van der Waals surface area (Å²) in [6.07, 6.45) is 8.58. The summed E-state index contributed by atoms with van der Waals surface area (Å²) in [5.74, 6) is 2.87. The Bertz CT molecular complexity index is 506. The molecule has 4 saturated carbocycles. The van der Waals surface area contributed by atoms with Gasteiger partial charge in [0.1, 0.15) is 5.69 Å². The fourth-order valence-electron chi connectivity index (χ4n) is 5.34. The highest BCUT2D eigenvalue weighted by atomic mass is 16.4. The average Bonchev–Trinajstić information content (AvgIpc) is 2.70. The molecule has 1 aromatic heterocycles. The largest absolute Gasteiger partial charge is 0.477 e. The predicted octanol–water partition coefficient (Wildman–Crippen LogP) is 2.83. The minimum Gasteiger partial charge on any atom is -0.477 e. The summed E-state index contributed by atoms with van der Waals surface area (Å²) in [6, 6.07) is 0. The third kappa shape index (κ3) is 1.55. The van der Waals surface area contributed by atoms with E-state index < -0.39 is 5.97 Å². The lowest BCUT2D eigenvalue weighted by Gasteiger charge is -2.54. The summed E-state index contributed by atoms with van der Waals surface area (Å²) in [5, 5.41) is 9.12. The van der Waals surface area contributed by atoms with E-state index >= 15 is 0 Å². The Morgan fingerprint density at radius 3 is 2.21 bits per heavy atom. The molecule has 0 saturated heterocycles. The molecule has 1 aromatic rings. The van der Waals surface area contributed by atoms with Crippen molar-refractivity contribution in [1.82, 2.24) is 4.98 Å². The molecule has 0 atom stereocenters. The Kier molecular flexibility index (Phi) is 2.26. The summed E-state index contributed by atoms with van der Waals surface area (Å²) in [4.78, 5) is 14.0. The number of carboxylic acid groups (broad SMARTS) is 1. The van der Waals surface area contributed by atoms with Crippen LogP contribution in [0.15, 0.2) is 6.20 Å². The van der Waals surface area contributed by atoms with Gasteiger partial charge in [0.15, 0.2) is 0 Å². The molecule has 1 heterocycles. The Labute approximate surface area is 112 Å². The molecule has 0 amide bonds. The third-order valence-corrected chi connectivity index (χ3v) is 5.75. The number of nitrogens with two attached hydrogens (primary N) is 1. The molecule has 19 heavy (non-hydrogen) atoms. The van der Waals surface area contributed by atoms with E-state index in [0.717, 1.165) is 29.2 Å². The number of H-pyrrole nitrogens is 1. The number of hydrogen-bond acceptors (Lipinski definition) is 2. The predicted molar refractivity (Wildman–Crippen MR) is 72.0 cm³/mol. The number of nitrogens with one attached hydrogen (secondary N) is 1. The first-order valence-corrected chi connectivity index (χ1v) is 7.33. The van der Waals surface area contributed by atoms with E-state index in [9.17, 15) is 4.79 Å². The van der Waals surface area contributed by atoms with Crippen LogP contribution >= 0.6 is 0 Å². The van der Waals surface area contributed by atoms with Gasteiger partial charge in [0.2, 0.25) is 0 Å². The molecule has 0 radical (unpaired) electrons. The molecule has 4 fully saturated rings. The molecule has 102 valence electrons. The summed E-state index contributed by atoms with van der Waals surface area (Å²) in [7, 11) is 0. The van der Waals surface area contributed by atoms with E-state index in [4.69, 9.17) is 10.8 Å². The van der Waals surface area contributed by atoms with Crippen LogP contribution in [0.4, 0.5) is 5.69 Å². The van der Waals surface area contributed by atoms with Gasteiger partial charge < -0.3 is 15.8 Å². The Balaban J connectivity index is 1.71. The molecule has 0 aromatic carbocycles. The van der Waals surface area contributed by atoms with Gasteiger partial charge in [0.25, 0.3) is 0 Å². The van der Waals surface area contributed by atoms with Gasteiger partial charge >= 0.3 is 5.97 Å². The normalized spacial score (nSPS) is 39.7. The highest BCUT2D eigenvalue weighted by Crippen LogP contribution is 2.60. The van der Waals surface area contributed by atoms with Crippen molar-refractivity contribution in [3.05, 3.63) is 17.5 Å². The number of anilines is 1. The van der Waals surface area contributed by atoms with Gasteiger partial charge in [-0.25, -0.2) is 4.79 Å². The van der Waals surface area contributed by atoms with Gasteiger partial charge in [-0.3, -0.25) is 0 Å². The first-order chi connectivity index (χ1) is 9.13. The lowest BCUT2D eigenvalue weighted by molar-refractivity contribution is -0.00253. The third-order valence-electron chi connectivity index (χ3n) is 5.75. The molecule has 4 nitrogen and oxygen atoms in total. The monoisotopic (exact) mass is 260 g/mol. The Morgan fingerprint density at radius 1 is 1.16 bits per heavy atom. The van der Waals surface area contributed by atoms with E-state index in [0.29, 0.717) is 11.6 Å². The van der Waals surface area contributed by atoms with Gasteiger partial charge in [0, 0.05) is 6.20 Å². The van der Waals surface area contributed by atoms with Gasteiger partial charge in [-0.2, -0.15) is 0 Å². The number of aromatic amines is 1. The second kappa shape index (κ2) is 3.78. The molecule has 4 aliphatic carbocycles. The summed E-state index contributed by atoms with van der Waals surface area (Å²) in [5.41, 5.74) is 7.79. The number of carbonyl (C=O) groups is 1. The van der Waals surface area contributed by atoms with Crippen LogP contribution in [0.2, 0.25) is 0 Å². The Morgan fingerprint density at radius 2 is 1.74 bits per heavy atom. The smallest absolute Gasteiger partial charge is 0.354 e. The molecule has 0 aliphatic heterocycles. The highest BCUT2D eigenvalue weighted by Gasteiger charge is 2.49. The van der Waals surface area contributed by atoms with Crippen molar-refractivity contribution in [2.24, 2.45) is 23.7 Å². The van der Waals surface area contributed by atoms with E-state index in [-0.39, 0.29) is 5.69 Å². The highest BCUT2D eigenvalue weighted by molar-refractivity contribution is 5.92. The van der Waals surface area contributed by atoms with Crippen molar-refractivity contribution >= 4 is 11.7 Å². The molecular formula is C15H20N2O2. The number of hydrogen-bond donors (Lipinski definition) is 3. The maximum Gasteiger partial charge on any atom is 0.354 e. The van der Waals surface area contributed by atoms with E-state index in [1.165, 1.54) is 32.1 Å². The SMILES string of the molecule is Nc1c(C2C3CC4CC(C3)CC2C4)c[nH]c1C(=O)O. The maximum absolute atomic E-state index is 11.1. The number of aromatic carboxylic acids is 1. The van der Waals surface area contributed by atoms with Crippen LogP contribution in [0.3, 0.4) is 0 Å². The van der Waals surface area contributed by atoms with Gasteiger partial charge in [0.05, 0.1) is 5.69 Å². The first-order valence-electron chi connectivity index (χ1n) is 7.33. The molecule has 0 unspecified atom stereocenters. The van der Waals surface area contributed by atoms with Gasteiger partial charge in [-0.15, -0.1) is 0 Å². The van der Waals surface area contributed by atoms with Crippen LogP contribution in [0.5, 0.6) is 0 Å². The molecular weight excluding hydrogens is 240 g/mol. The summed E-state index contributed by atoms with van der Waals surface area (Å²) >= 11 is 0. The quantitative estimate of drug-likeness (QED) is 0.765. The molecule has 4 heteroatoms. The summed E-state index contributed by atoms with van der Waals surface area (Å²) in [6.45, 7) is 0. The van der Waals surface area contributed by atoms with Crippen LogP contribution in [-0.2, 0) is 0 Å². The first kappa shape index (κ1) is 11.4. The molecule has 4 aliphatic rings. The second-order valence-electron chi connectivity index (χ2n) is 6.79. The van der Waals surface area contributed by atoms with Crippen molar-refractivity contribution < 1.29 is 9.90 Å². The zero-order valence-electron chi connectivity index (χ0n) is 10.9. The standard InChI is InChI=1S/C15H20N2O2/c16-13-11(6-17-14(13)15(18)19)12-9-2-7-1-8(4-9)5-10(12)3-7/h6-10,12,17H,1-5,16H2,(H,18,19). The Hall–Kier alpha value is -1.45. The molecule has 4 N–H and O–H groups in total.